The highest BCUT2D eigenvalue weighted by Gasteiger charge is 2.06. The molecule has 126 valence electrons. The largest absolute Gasteiger partial charge is 0.391 e. The third kappa shape index (κ3) is 5.56. The van der Waals surface area contributed by atoms with E-state index in [0.717, 1.165) is 0 Å². The van der Waals surface area contributed by atoms with Crippen LogP contribution >= 0.6 is 46.4 Å². The highest BCUT2D eigenvalue weighted by Crippen LogP contribution is 2.25. The zero-order valence-corrected chi connectivity index (χ0v) is 15.3. The number of anilines is 1. The molecule has 8 heteroatoms. The molecule has 4 nitrogen and oxygen atoms in total. The van der Waals surface area contributed by atoms with Crippen molar-refractivity contribution < 1.29 is 9.63 Å². The lowest BCUT2D eigenvalue weighted by Crippen LogP contribution is -2.11. The molecule has 2 aromatic carbocycles. The van der Waals surface area contributed by atoms with Gasteiger partial charge in [0, 0.05) is 21.3 Å². The lowest BCUT2D eigenvalue weighted by Gasteiger charge is -2.05. The molecular weight excluding hydrogens is 394 g/mol. The topological polar surface area (TPSA) is 50.7 Å². The fourth-order valence-corrected chi connectivity index (χ4v) is 2.54. The van der Waals surface area contributed by atoms with Crippen LogP contribution in [0.3, 0.4) is 0 Å². The van der Waals surface area contributed by atoms with Gasteiger partial charge < -0.3 is 10.2 Å². The molecule has 2 aromatic rings. The Morgan fingerprint density at radius 2 is 1.75 bits per heavy atom. The van der Waals surface area contributed by atoms with E-state index < -0.39 is 0 Å². The summed E-state index contributed by atoms with van der Waals surface area (Å²) < 4.78 is 0. The standard InChI is InChI=1S/C16H12Cl4N2O2/c17-12-2-1-3-13(18)11(12)9-24-21-7-6-16(23)22-10-4-5-14(19)15(20)8-10/h1-5,7-8H,6,9H2,(H,22,23). The number of amides is 1. The van der Waals surface area contributed by atoms with Gasteiger partial charge in [-0.25, -0.2) is 0 Å². The molecule has 0 radical (unpaired) electrons. The van der Waals surface area contributed by atoms with Gasteiger partial charge in [0.2, 0.25) is 5.91 Å². The Morgan fingerprint density at radius 1 is 1.04 bits per heavy atom. The van der Waals surface area contributed by atoms with E-state index >= 15 is 0 Å². The molecule has 1 N–H and O–H groups in total. The molecule has 2 rings (SSSR count). The van der Waals surface area contributed by atoms with Crippen LogP contribution in [0.2, 0.25) is 20.1 Å². The Morgan fingerprint density at radius 3 is 2.42 bits per heavy atom. The maximum absolute atomic E-state index is 11.8. The Balaban J connectivity index is 1.79. The minimum absolute atomic E-state index is 0.0382. The van der Waals surface area contributed by atoms with Gasteiger partial charge in [0.15, 0.2) is 0 Å². The van der Waals surface area contributed by atoms with Gasteiger partial charge in [0.25, 0.3) is 0 Å². The second-order valence-corrected chi connectivity index (χ2v) is 6.27. The van der Waals surface area contributed by atoms with Crippen LogP contribution in [-0.2, 0) is 16.2 Å². The summed E-state index contributed by atoms with van der Waals surface area (Å²) in [5.41, 5.74) is 1.19. The molecule has 0 aliphatic heterocycles. The van der Waals surface area contributed by atoms with Crippen molar-refractivity contribution in [2.24, 2.45) is 5.16 Å². The molecule has 0 heterocycles. The van der Waals surface area contributed by atoms with E-state index in [4.69, 9.17) is 51.2 Å². The predicted octanol–water partition coefficient (Wildman–Crippen LogP) is 5.83. The number of oxime groups is 1. The minimum Gasteiger partial charge on any atom is -0.391 e. The van der Waals surface area contributed by atoms with Gasteiger partial charge in [0.05, 0.1) is 22.7 Å². The molecule has 0 spiro atoms. The van der Waals surface area contributed by atoms with E-state index in [9.17, 15) is 4.79 Å². The monoisotopic (exact) mass is 404 g/mol. The summed E-state index contributed by atoms with van der Waals surface area (Å²) in [6.45, 7) is 0.115. The van der Waals surface area contributed by atoms with E-state index in [1.165, 1.54) is 6.21 Å². The quantitative estimate of drug-likeness (QED) is 0.485. The average Bonchev–Trinajstić information content (AvgIpc) is 2.53. The molecule has 0 bridgehead atoms. The number of halogens is 4. The van der Waals surface area contributed by atoms with E-state index in [-0.39, 0.29) is 18.9 Å². The van der Waals surface area contributed by atoms with Gasteiger partial charge in [-0.3, -0.25) is 4.79 Å². The van der Waals surface area contributed by atoms with Crippen LogP contribution < -0.4 is 5.32 Å². The van der Waals surface area contributed by atoms with Crippen molar-refractivity contribution in [3.05, 3.63) is 62.1 Å². The van der Waals surface area contributed by atoms with Gasteiger partial charge in [-0.1, -0.05) is 57.6 Å². The number of nitrogens with one attached hydrogen (secondary N) is 1. The van der Waals surface area contributed by atoms with Gasteiger partial charge in [-0.2, -0.15) is 0 Å². The zero-order chi connectivity index (χ0) is 17.5. The second-order valence-electron chi connectivity index (χ2n) is 4.64. The Hall–Kier alpha value is -1.46. The van der Waals surface area contributed by atoms with E-state index in [1.807, 2.05) is 0 Å². The van der Waals surface area contributed by atoms with Gasteiger partial charge in [-0.15, -0.1) is 0 Å². The van der Waals surface area contributed by atoms with Crippen molar-refractivity contribution in [3.8, 4) is 0 Å². The number of hydrogen-bond acceptors (Lipinski definition) is 3. The van der Waals surface area contributed by atoms with Crippen molar-refractivity contribution in [3.63, 3.8) is 0 Å². The van der Waals surface area contributed by atoms with Crippen molar-refractivity contribution in [2.45, 2.75) is 13.0 Å². The lowest BCUT2D eigenvalue weighted by molar-refractivity contribution is -0.115. The SMILES string of the molecule is O=C(CC=NOCc1c(Cl)cccc1Cl)Nc1ccc(Cl)c(Cl)c1. The van der Waals surface area contributed by atoms with E-state index in [1.54, 1.807) is 36.4 Å². The summed E-state index contributed by atoms with van der Waals surface area (Å²) in [6.07, 6.45) is 1.38. The summed E-state index contributed by atoms with van der Waals surface area (Å²) in [7, 11) is 0. The summed E-state index contributed by atoms with van der Waals surface area (Å²) in [6, 6.07) is 9.98. The third-order valence-corrected chi connectivity index (χ3v) is 4.35. The average molecular weight is 406 g/mol. The van der Waals surface area contributed by atoms with Crippen LogP contribution in [0.15, 0.2) is 41.6 Å². The molecule has 0 saturated carbocycles. The first-order valence-corrected chi connectivity index (χ1v) is 8.30. The lowest BCUT2D eigenvalue weighted by atomic mass is 10.2. The first-order chi connectivity index (χ1) is 11.5. The summed E-state index contributed by atoms with van der Waals surface area (Å²) in [4.78, 5) is 16.9. The number of carbonyl (C=O) groups excluding carboxylic acids is 1. The molecule has 0 aliphatic carbocycles. The molecule has 0 aliphatic rings. The smallest absolute Gasteiger partial charge is 0.229 e. The maximum Gasteiger partial charge on any atom is 0.229 e. The highest BCUT2D eigenvalue weighted by atomic mass is 35.5. The minimum atomic E-state index is -0.267. The number of benzene rings is 2. The fourth-order valence-electron chi connectivity index (χ4n) is 1.73. The fraction of sp³-hybridized carbons (Fsp3) is 0.125. The summed E-state index contributed by atoms with van der Waals surface area (Å²) in [5.74, 6) is -0.267. The van der Waals surface area contributed by atoms with Crippen molar-refractivity contribution in [1.29, 1.82) is 0 Å². The van der Waals surface area contributed by atoms with Crippen molar-refractivity contribution >= 4 is 64.2 Å². The molecule has 0 atom stereocenters. The predicted molar refractivity (Wildman–Crippen MR) is 99.5 cm³/mol. The molecular formula is C16H12Cl4N2O2. The number of carbonyl (C=O) groups is 1. The van der Waals surface area contributed by atoms with Crippen LogP contribution in [0, 0.1) is 0 Å². The number of nitrogens with zero attached hydrogens (tertiary/aromatic N) is 1. The highest BCUT2D eigenvalue weighted by molar-refractivity contribution is 6.42. The number of rotatable bonds is 6. The molecule has 0 saturated heterocycles. The molecule has 0 fully saturated rings. The summed E-state index contributed by atoms with van der Waals surface area (Å²) in [5, 5.41) is 8.15. The molecule has 1 amide bonds. The Labute approximate surface area is 159 Å². The van der Waals surface area contributed by atoms with Crippen LogP contribution in [0.1, 0.15) is 12.0 Å². The van der Waals surface area contributed by atoms with E-state index in [0.29, 0.717) is 31.3 Å². The maximum atomic E-state index is 11.8. The van der Waals surface area contributed by atoms with Gasteiger partial charge >= 0.3 is 0 Å². The summed E-state index contributed by atoms with van der Waals surface area (Å²) >= 11 is 23.7. The van der Waals surface area contributed by atoms with Crippen LogP contribution in [0.25, 0.3) is 0 Å². The Bertz CT molecular complexity index is 745. The third-order valence-electron chi connectivity index (χ3n) is 2.90. The molecule has 0 unspecified atom stereocenters. The molecule has 0 aromatic heterocycles. The normalized spacial score (nSPS) is 10.8. The van der Waals surface area contributed by atoms with Crippen LogP contribution in [0.4, 0.5) is 5.69 Å². The second kappa shape index (κ2) is 9.14. The zero-order valence-electron chi connectivity index (χ0n) is 12.2. The van der Waals surface area contributed by atoms with E-state index in [2.05, 4.69) is 10.5 Å². The van der Waals surface area contributed by atoms with Gasteiger partial charge in [0.1, 0.15) is 6.61 Å². The van der Waals surface area contributed by atoms with Crippen LogP contribution in [-0.4, -0.2) is 12.1 Å². The first kappa shape index (κ1) is 18.9. The van der Waals surface area contributed by atoms with Gasteiger partial charge in [-0.05, 0) is 30.3 Å². The van der Waals surface area contributed by atoms with Crippen molar-refractivity contribution in [2.75, 3.05) is 5.32 Å². The Kier molecular flexibility index (Phi) is 7.18. The van der Waals surface area contributed by atoms with Crippen LogP contribution in [0.5, 0.6) is 0 Å². The first-order valence-electron chi connectivity index (χ1n) is 6.79. The van der Waals surface area contributed by atoms with Crippen molar-refractivity contribution in [1.82, 2.24) is 0 Å². The molecule has 24 heavy (non-hydrogen) atoms. The number of hydrogen-bond donors (Lipinski definition) is 1.